The van der Waals surface area contributed by atoms with Gasteiger partial charge in [0.1, 0.15) is 17.2 Å². The van der Waals surface area contributed by atoms with Crippen molar-refractivity contribution in [2.45, 2.75) is 20.4 Å². The van der Waals surface area contributed by atoms with Crippen LogP contribution in [-0.4, -0.2) is 17.6 Å². The number of anilines is 2. The molecule has 0 saturated carbocycles. The molecule has 3 N–H and O–H groups in total. The summed E-state index contributed by atoms with van der Waals surface area (Å²) in [5.74, 6) is -0.916. The zero-order chi connectivity index (χ0) is 18.8. The zero-order valence-electron chi connectivity index (χ0n) is 14.2. The summed E-state index contributed by atoms with van der Waals surface area (Å²) in [6.45, 7) is 3.88. The van der Waals surface area contributed by atoms with Crippen molar-refractivity contribution in [1.82, 2.24) is 4.98 Å². The van der Waals surface area contributed by atoms with Crippen molar-refractivity contribution in [3.63, 3.8) is 0 Å². The molecule has 2 aromatic heterocycles. The number of ether oxygens (including phenoxy) is 1. The molecule has 0 saturated heterocycles. The maximum absolute atomic E-state index is 14.3. The Balaban J connectivity index is 2.22. The van der Waals surface area contributed by atoms with E-state index < -0.39 is 11.8 Å². The number of carbonyl (C=O) groups is 1. The number of benzene rings is 1. The molecule has 2 heterocycles. The molecule has 0 unspecified atom stereocenters. The number of nitrogens with zero attached hydrogens (tertiary/aromatic N) is 1. The van der Waals surface area contributed by atoms with Crippen LogP contribution in [-0.2, 0) is 11.3 Å². The van der Waals surface area contributed by atoms with Crippen molar-refractivity contribution in [1.29, 1.82) is 0 Å². The van der Waals surface area contributed by atoms with Gasteiger partial charge in [0.15, 0.2) is 5.58 Å². The SMILES string of the molecule is CCOC(=O)c1c(Nc2ccc(I)cc2F)nc(CN)c2c(C)coc12. The first-order chi connectivity index (χ1) is 12.5. The molecule has 0 atom stereocenters. The summed E-state index contributed by atoms with van der Waals surface area (Å²) in [6, 6.07) is 4.70. The smallest absolute Gasteiger partial charge is 0.345 e. The molecular weight excluding hydrogens is 452 g/mol. The second kappa shape index (κ2) is 7.58. The van der Waals surface area contributed by atoms with Gasteiger partial charge in [0.05, 0.1) is 24.3 Å². The quantitative estimate of drug-likeness (QED) is 0.429. The largest absolute Gasteiger partial charge is 0.463 e. The van der Waals surface area contributed by atoms with Crippen LogP contribution in [0.25, 0.3) is 11.0 Å². The number of hydrogen-bond acceptors (Lipinski definition) is 6. The maximum Gasteiger partial charge on any atom is 0.345 e. The van der Waals surface area contributed by atoms with Crippen LogP contribution in [0.3, 0.4) is 0 Å². The Kier molecular flexibility index (Phi) is 5.42. The minimum absolute atomic E-state index is 0.116. The summed E-state index contributed by atoms with van der Waals surface area (Å²) in [5, 5.41) is 3.55. The molecule has 0 fully saturated rings. The first kappa shape index (κ1) is 18.6. The molecule has 1 aromatic carbocycles. The van der Waals surface area contributed by atoms with E-state index in [-0.39, 0.29) is 30.2 Å². The molecule has 8 heteroatoms. The lowest BCUT2D eigenvalue weighted by Crippen LogP contribution is -2.13. The Bertz CT molecular complexity index is 987. The number of carbonyl (C=O) groups excluding carboxylic acids is 1. The number of halogens is 2. The van der Waals surface area contributed by atoms with Gasteiger partial charge in [-0.2, -0.15) is 0 Å². The second-order valence-electron chi connectivity index (χ2n) is 5.58. The predicted molar refractivity (Wildman–Crippen MR) is 105 cm³/mol. The zero-order valence-corrected chi connectivity index (χ0v) is 16.4. The van der Waals surface area contributed by atoms with Gasteiger partial charge in [-0.15, -0.1) is 0 Å². The van der Waals surface area contributed by atoms with E-state index >= 15 is 0 Å². The number of hydrogen-bond donors (Lipinski definition) is 2. The molecule has 3 aromatic rings. The van der Waals surface area contributed by atoms with Crippen LogP contribution in [0.1, 0.15) is 28.5 Å². The molecule has 136 valence electrons. The van der Waals surface area contributed by atoms with Crippen molar-refractivity contribution >= 4 is 51.0 Å². The highest BCUT2D eigenvalue weighted by Crippen LogP contribution is 2.33. The van der Waals surface area contributed by atoms with E-state index in [0.717, 1.165) is 9.13 Å². The molecule has 0 amide bonds. The number of furan rings is 1. The van der Waals surface area contributed by atoms with Gasteiger partial charge >= 0.3 is 5.97 Å². The van der Waals surface area contributed by atoms with Gasteiger partial charge in [-0.1, -0.05) is 0 Å². The number of nitrogens with two attached hydrogens (primary N) is 1. The van der Waals surface area contributed by atoms with Crippen molar-refractivity contribution in [3.8, 4) is 0 Å². The summed E-state index contributed by atoms with van der Waals surface area (Å²) < 4.78 is 25.7. The summed E-state index contributed by atoms with van der Waals surface area (Å²) in [7, 11) is 0. The summed E-state index contributed by atoms with van der Waals surface area (Å²) in [6.07, 6.45) is 1.53. The lowest BCUT2D eigenvalue weighted by atomic mass is 10.1. The lowest BCUT2D eigenvalue weighted by molar-refractivity contribution is 0.0528. The van der Waals surface area contributed by atoms with Crippen molar-refractivity contribution in [2.24, 2.45) is 5.73 Å². The highest BCUT2D eigenvalue weighted by Gasteiger charge is 2.25. The van der Waals surface area contributed by atoms with E-state index in [0.29, 0.717) is 16.7 Å². The van der Waals surface area contributed by atoms with Crippen LogP contribution in [0.15, 0.2) is 28.9 Å². The lowest BCUT2D eigenvalue weighted by Gasteiger charge is -2.14. The fraction of sp³-hybridized carbons (Fsp3) is 0.222. The van der Waals surface area contributed by atoms with Gasteiger partial charge in [-0.3, -0.25) is 0 Å². The Hall–Kier alpha value is -2.20. The van der Waals surface area contributed by atoms with Gasteiger partial charge in [0, 0.05) is 15.5 Å². The second-order valence-corrected chi connectivity index (χ2v) is 6.82. The van der Waals surface area contributed by atoms with Gasteiger partial charge < -0.3 is 20.2 Å². The van der Waals surface area contributed by atoms with Crippen LogP contribution in [0.2, 0.25) is 0 Å². The van der Waals surface area contributed by atoms with Gasteiger partial charge in [-0.05, 0) is 60.2 Å². The maximum atomic E-state index is 14.3. The molecular formula is C18H17FIN3O3. The molecule has 6 nitrogen and oxygen atoms in total. The highest BCUT2D eigenvalue weighted by atomic mass is 127. The van der Waals surface area contributed by atoms with Crippen LogP contribution in [0.5, 0.6) is 0 Å². The standard InChI is InChI=1S/C18H17FIN3O3/c1-3-25-18(24)15-16-14(9(2)8-26-16)13(7-21)23-17(15)22-12-5-4-10(20)6-11(12)19/h4-6,8H,3,7,21H2,1-2H3,(H,22,23). The van der Waals surface area contributed by atoms with Gasteiger partial charge in [0.25, 0.3) is 0 Å². The van der Waals surface area contributed by atoms with E-state index in [1.165, 1.54) is 12.3 Å². The molecule has 0 aliphatic rings. The highest BCUT2D eigenvalue weighted by molar-refractivity contribution is 14.1. The number of pyridine rings is 1. The molecule has 0 aliphatic heterocycles. The third-order valence-electron chi connectivity index (χ3n) is 3.83. The van der Waals surface area contributed by atoms with Crippen LogP contribution >= 0.6 is 22.6 Å². The fourth-order valence-electron chi connectivity index (χ4n) is 2.69. The van der Waals surface area contributed by atoms with Crippen LogP contribution in [0, 0.1) is 16.3 Å². The predicted octanol–water partition coefficient (Wildman–Crippen LogP) is 4.26. The molecule has 0 radical (unpaired) electrons. The van der Waals surface area contributed by atoms with Gasteiger partial charge in [0.2, 0.25) is 0 Å². The third kappa shape index (κ3) is 3.38. The number of aryl methyl sites for hydroxylation is 1. The van der Waals surface area contributed by atoms with E-state index in [2.05, 4.69) is 10.3 Å². The Morgan fingerprint density at radius 1 is 1.46 bits per heavy atom. The minimum Gasteiger partial charge on any atom is -0.463 e. The average molecular weight is 469 g/mol. The van der Waals surface area contributed by atoms with Crippen LogP contribution < -0.4 is 11.1 Å². The van der Waals surface area contributed by atoms with E-state index in [9.17, 15) is 9.18 Å². The Morgan fingerprint density at radius 2 is 2.23 bits per heavy atom. The van der Waals surface area contributed by atoms with E-state index in [1.54, 1.807) is 19.1 Å². The molecule has 0 aliphatic carbocycles. The molecule has 0 bridgehead atoms. The molecule has 26 heavy (non-hydrogen) atoms. The number of nitrogens with one attached hydrogen (secondary N) is 1. The average Bonchev–Trinajstić information content (AvgIpc) is 2.98. The number of fused-ring (bicyclic) bond motifs is 1. The summed E-state index contributed by atoms with van der Waals surface area (Å²) >= 11 is 2.02. The normalized spacial score (nSPS) is 11.0. The minimum atomic E-state index is -0.601. The van der Waals surface area contributed by atoms with Crippen molar-refractivity contribution in [3.05, 3.63) is 50.7 Å². The summed E-state index contributed by atoms with van der Waals surface area (Å²) in [4.78, 5) is 17.0. The fourth-order valence-corrected chi connectivity index (χ4v) is 3.14. The summed E-state index contributed by atoms with van der Waals surface area (Å²) in [5.41, 5.74) is 7.81. The molecule has 3 rings (SSSR count). The first-order valence-corrected chi connectivity index (χ1v) is 9.04. The number of aromatic nitrogens is 1. The van der Waals surface area contributed by atoms with E-state index in [4.69, 9.17) is 14.9 Å². The van der Waals surface area contributed by atoms with Crippen molar-refractivity contribution in [2.75, 3.05) is 11.9 Å². The van der Waals surface area contributed by atoms with Crippen molar-refractivity contribution < 1.29 is 18.3 Å². The Morgan fingerprint density at radius 3 is 2.88 bits per heavy atom. The monoisotopic (exact) mass is 469 g/mol. The Labute approximate surface area is 163 Å². The number of rotatable bonds is 5. The first-order valence-electron chi connectivity index (χ1n) is 7.96. The van der Waals surface area contributed by atoms with Gasteiger partial charge in [-0.25, -0.2) is 14.2 Å². The third-order valence-corrected chi connectivity index (χ3v) is 4.50. The topological polar surface area (TPSA) is 90.4 Å². The number of esters is 1. The molecule has 0 spiro atoms. The van der Waals surface area contributed by atoms with Crippen LogP contribution in [0.4, 0.5) is 15.9 Å². The van der Waals surface area contributed by atoms with E-state index in [1.807, 2.05) is 29.5 Å².